The maximum absolute atomic E-state index is 14.3. The van der Waals surface area contributed by atoms with Crippen molar-refractivity contribution in [3.63, 3.8) is 0 Å². The van der Waals surface area contributed by atoms with E-state index in [-0.39, 0.29) is 28.3 Å². The van der Waals surface area contributed by atoms with Gasteiger partial charge in [0.25, 0.3) is 0 Å². The lowest BCUT2D eigenvalue weighted by atomic mass is 9.94. The molecule has 3 N–H and O–H groups in total. The molecule has 4 rings (SSSR count). The fourth-order valence-corrected chi connectivity index (χ4v) is 3.42. The van der Waals surface area contributed by atoms with Crippen LogP contribution in [-0.4, -0.2) is 21.5 Å². The lowest BCUT2D eigenvalue weighted by Gasteiger charge is -2.15. The van der Waals surface area contributed by atoms with Crippen LogP contribution in [0.1, 0.15) is 11.1 Å². The predicted molar refractivity (Wildman–Crippen MR) is 110 cm³/mol. The van der Waals surface area contributed by atoms with Crippen molar-refractivity contribution >= 4 is 22.5 Å². The van der Waals surface area contributed by atoms with Crippen LogP contribution in [0.2, 0.25) is 0 Å². The molecule has 4 aromatic rings. The summed E-state index contributed by atoms with van der Waals surface area (Å²) in [6.45, 7) is 0.304. The van der Waals surface area contributed by atoms with Crippen molar-refractivity contribution in [3.05, 3.63) is 77.5 Å². The van der Waals surface area contributed by atoms with Crippen LogP contribution in [0.3, 0.4) is 0 Å². The average Bonchev–Trinajstić information content (AvgIpc) is 2.73. The Morgan fingerprint density at radius 3 is 2.55 bits per heavy atom. The summed E-state index contributed by atoms with van der Waals surface area (Å²) in [6.07, 6.45) is 3.06. The van der Waals surface area contributed by atoms with E-state index in [0.717, 1.165) is 6.07 Å². The number of benzene rings is 2. The van der Waals surface area contributed by atoms with Gasteiger partial charge in [-0.05, 0) is 41.3 Å². The van der Waals surface area contributed by atoms with Crippen LogP contribution in [0, 0.1) is 28.8 Å². The van der Waals surface area contributed by atoms with Crippen LogP contribution in [0.4, 0.5) is 24.8 Å². The minimum atomic E-state index is -0.740. The number of fused-ring (bicyclic) bond motifs is 1. The summed E-state index contributed by atoms with van der Waals surface area (Å²) in [6, 6.07) is 9.55. The minimum absolute atomic E-state index is 0.0544. The van der Waals surface area contributed by atoms with Gasteiger partial charge in [0.05, 0.1) is 0 Å². The third-order valence-electron chi connectivity index (χ3n) is 4.75. The smallest absolute Gasteiger partial charge is 0.149 e. The van der Waals surface area contributed by atoms with Crippen LogP contribution in [0.25, 0.3) is 22.0 Å². The van der Waals surface area contributed by atoms with Crippen molar-refractivity contribution in [2.75, 3.05) is 17.6 Å². The molecular formula is C22H15F3N6. The van der Waals surface area contributed by atoms with Crippen molar-refractivity contribution in [2.24, 2.45) is 0 Å². The molecule has 0 spiro atoms. The molecule has 0 aliphatic rings. The van der Waals surface area contributed by atoms with Gasteiger partial charge in [0.1, 0.15) is 52.6 Å². The molecule has 9 heteroatoms. The molecule has 0 saturated carbocycles. The first-order chi connectivity index (χ1) is 15.0. The highest BCUT2D eigenvalue weighted by Crippen LogP contribution is 2.33. The lowest BCUT2D eigenvalue weighted by molar-refractivity contribution is 0.584. The van der Waals surface area contributed by atoms with E-state index in [4.69, 9.17) is 5.73 Å². The van der Waals surface area contributed by atoms with Gasteiger partial charge in [-0.1, -0.05) is 12.1 Å². The van der Waals surface area contributed by atoms with Crippen molar-refractivity contribution in [2.45, 2.75) is 6.42 Å². The van der Waals surface area contributed by atoms with E-state index in [2.05, 4.69) is 20.3 Å². The Morgan fingerprint density at radius 2 is 1.81 bits per heavy atom. The molecule has 154 valence electrons. The number of pyridine rings is 1. The Balaban J connectivity index is 1.75. The number of aromatic nitrogens is 3. The van der Waals surface area contributed by atoms with E-state index in [9.17, 15) is 18.4 Å². The molecule has 0 amide bonds. The second kappa shape index (κ2) is 8.28. The Kier molecular flexibility index (Phi) is 5.37. The second-order valence-corrected chi connectivity index (χ2v) is 6.72. The van der Waals surface area contributed by atoms with Crippen LogP contribution < -0.4 is 11.1 Å². The Morgan fingerprint density at radius 1 is 1.03 bits per heavy atom. The number of nitrogens with two attached hydrogens (primary N) is 1. The zero-order chi connectivity index (χ0) is 22.0. The number of halogens is 3. The summed E-state index contributed by atoms with van der Waals surface area (Å²) in [4.78, 5) is 12.0. The van der Waals surface area contributed by atoms with Gasteiger partial charge in [-0.3, -0.25) is 4.98 Å². The number of para-hydroxylation sites is 1. The number of nitrogen functional groups attached to an aromatic ring is 1. The third-order valence-corrected chi connectivity index (χ3v) is 4.75. The number of anilines is 2. The van der Waals surface area contributed by atoms with Gasteiger partial charge >= 0.3 is 0 Å². The van der Waals surface area contributed by atoms with E-state index in [0.29, 0.717) is 29.5 Å². The average molecular weight is 420 g/mol. The summed E-state index contributed by atoms with van der Waals surface area (Å²) >= 11 is 0. The van der Waals surface area contributed by atoms with Crippen molar-refractivity contribution < 1.29 is 13.2 Å². The topological polar surface area (TPSA) is 101 Å². The summed E-state index contributed by atoms with van der Waals surface area (Å²) in [5.41, 5.74) is 7.30. The van der Waals surface area contributed by atoms with Gasteiger partial charge in [0.2, 0.25) is 0 Å². The first kappa shape index (κ1) is 20.1. The van der Waals surface area contributed by atoms with Crippen molar-refractivity contribution in [1.82, 2.24) is 15.0 Å². The summed E-state index contributed by atoms with van der Waals surface area (Å²) in [5, 5.41) is 12.7. The molecule has 0 fully saturated rings. The van der Waals surface area contributed by atoms with Crippen molar-refractivity contribution in [3.8, 4) is 17.2 Å². The quantitative estimate of drug-likeness (QED) is 0.502. The first-order valence-electron chi connectivity index (χ1n) is 9.25. The zero-order valence-corrected chi connectivity index (χ0v) is 16.0. The Bertz CT molecular complexity index is 1310. The number of nitrogens with zero attached hydrogens (tertiary/aromatic N) is 4. The maximum Gasteiger partial charge on any atom is 0.149 e. The highest BCUT2D eigenvalue weighted by atomic mass is 19.1. The molecule has 0 aliphatic heterocycles. The molecule has 2 heterocycles. The van der Waals surface area contributed by atoms with Gasteiger partial charge in [0.15, 0.2) is 0 Å². The van der Waals surface area contributed by atoms with Crippen LogP contribution in [0.5, 0.6) is 0 Å². The summed E-state index contributed by atoms with van der Waals surface area (Å²) in [5.74, 6) is -1.69. The third kappa shape index (κ3) is 3.96. The van der Waals surface area contributed by atoms with Gasteiger partial charge < -0.3 is 11.1 Å². The SMILES string of the molecule is N#Cc1c(N)ncnc1NCCc1cnc2c(F)cccc2c1-c1cc(F)cc(F)c1. The van der Waals surface area contributed by atoms with Gasteiger partial charge in [-0.15, -0.1) is 0 Å². The van der Waals surface area contributed by atoms with E-state index in [1.165, 1.54) is 36.8 Å². The predicted octanol–water partition coefficient (Wildman–Crippen LogP) is 4.22. The molecule has 2 aromatic carbocycles. The first-order valence-corrected chi connectivity index (χ1v) is 9.25. The normalized spacial score (nSPS) is 10.8. The second-order valence-electron chi connectivity index (χ2n) is 6.72. The summed E-state index contributed by atoms with van der Waals surface area (Å²) in [7, 11) is 0. The molecular weight excluding hydrogens is 405 g/mol. The number of rotatable bonds is 5. The van der Waals surface area contributed by atoms with Crippen LogP contribution >= 0.6 is 0 Å². The molecule has 0 atom stereocenters. The highest BCUT2D eigenvalue weighted by molar-refractivity contribution is 5.96. The number of nitrogens with one attached hydrogen (secondary N) is 1. The molecule has 0 radical (unpaired) electrons. The molecule has 0 unspecified atom stereocenters. The molecule has 31 heavy (non-hydrogen) atoms. The molecule has 0 bridgehead atoms. The molecule has 2 aromatic heterocycles. The van der Waals surface area contributed by atoms with Gasteiger partial charge in [-0.25, -0.2) is 23.1 Å². The number of hydrogen-bond donors (Lipinski definition) is 2. The summed E-state index contributed by atoms with van der Waals surface area (Å²) < 4.78 is 42.1. The Labute approximate surface area is 175 Å². The van der Waals surface area contributed by atoms with E-state index in [1.807, 2.05) is 6.07 Å². The lowest BCUT2D eigenvalue weighted by Crippen LogP contribution is -2.11. The van der Waals surface area contributed by atoms with E-state index >= 15 is 0 Å². The standard InChI is InChI=1S/C22H15F3N6/c23-14-6-13(7-15(24)8-14)19-12(10-29-20-16(19)2-1-3-18(20)25)4-5-28-22-17(9-26)21(27)30-11-31-22/h1-3,6-8,10-11H,4-5H2,(H3,27,28,30,31). The van der Waals surface area contributed by atoms with Crippen LogP contribution in [0.15, 0.2) is 48.9 Å². The monoisotopic (exact) mass is 420 g/mol. The molecule has 6 nitrogen and oxygen atoms in total. The van der Waals surface area contributed by atoms with E-state index < -0.39 is 17.5 Å². The van der Waals surface area contributed by atoms with Gasteiger partial charge in [-0.2, -0.15) is 5.26 Å². The largest absolute Gasteiger partial charge is 0.382 e. The number of nitriles is 1. The number of hydrogen-bond acceptors (Lipinski definition) is 6. The highest BCUT2D eigenvalue weighted by Gasteiger charge is 2.16. The van der Waals surface area contributed by atoms with Crippen LogP contribution in [-0.2, 0) is 6.42 Å². The molecule has 0 saturated heterocycles. The zero-order valence-electron chi connectivity index (χ0n) is 16.0. The fraction of sp³-hybridized carbons (Fsp3) is 0.0909. The minimum Gasteiger partial charge on any atom is -0.382 e. The maximum atomic E-state index is 14.3. The molecule has 0 aliphatic carbocycles. The van der Waals surface area contributed by atoms with Gasteiger partial charge in [0, 0.05) is 24.2 Å². The van der Waals surface area contributed by atoms with Crippen molar-refractivity contribution in [1.29, 1.82) is 5.26 Å². The van der Waals surface area contributed by atoms with E-state index in [1.54, 1.807) is 6.07 Å². The fourth-order valence-electron chi connectivity index (χ4n) is 3.42. The Hall–Kier alpha value is -4.19.